The van der Waals surface area contributed by atoms with Crippen molar-refractivity contribution in [2.45, 2.75) is 32.8 Å². The van der Waals surface area contributed by atoms with Crippen molar-refractivity contribution in [2.24, 2.45) is 0 Å². The second-order valence-corrected chi connectivity index (χ2v) is 6.98. The van der Waals surface area contributed by atoms with Gasteiger partial charge in [-0.25, -0.2) is 14.0 Å². The molecule has 1 N–H and O–H groups in total. The third kappa shape index (κ3) is 4.14. The minimum absolute atomic E-state index is 0.153. The number of ether oxygens (including phenoxy) is 2. The van der Waals surface area contributed by atoms with E-state index in [-0.39, 0.29) is 12.7 Å². The zero-order chi connectivity index (χ0) is 19.4. The lowest BCUT2D eigenvalue weighted by atomic mass is 9.84. The molecule has 0 amide bonds. The number of nitrogens with one attached hydrogen (secondary N) is 1. The zero-order valence-corrected chi connectivity index (χ0v) is 16.6. The smallest absolute Gasteiger partial charge is 0.335 e. The number of dihydropyridines is 1. The summed E-state index contributed by atoms with van der Waals surface area (Å²) in [4.78, 5) is 16.5. The summed E-state index contributed by atoms with van der Waals surface area (Å²) in [5, 5.41) is 3.08. The predicted octanol–water partition coefficient (Wildman–Crippen LogP) is 4.28. The summed E-state index contributed by atoms with van der Waals surface area (Å²) in [5.41, 5.74) is 2.42. The summed E-state index contributed by atoms with van der Waals surface area (Å²) in [7, 11) is 1.52. The Kier molecular flexibility index (Phi) is 6.57. The quantitative estimate of drug-likeness (QED) is 0.568. The third-order valence-corrected chi connectivity index (χ3v) is 4.54. The molecule has 0 bridgehead atoms. The number of hydrogen-bond acceptors (Lipinski definition) is 4. The van der Waals surface area contributed by atoms with Gasteiger partial charge in [-0.15, -0.1) is 0 Å². The van der Waals surface area contributed by atoms with E-state index >= 15 is 0 Å². The maximum atomic E-state index is 13.6. The van der Waals surface area contributed by atoms with Crippen molar-refractivity contribution >= 4 is 21.9 Å². The van der Waals surface area contributed by atoms with Crippen molar-refractivity contribution < 1.29 is 18.7 Å². The molecule has 0 radical (unpaired) electrons. The van der Waals surface area contributed by atoms with Gasteiger partial charge in [-0.2, -0.15) is 0 Å². The molecule has 1 aliphatic heterocycles. The van der Waals surface area contributed by atoms with Crippen LogP contribution in [0.2, 0.25) is 0 Å². The van der Waals surface area contributed by atoms with Crippen LogP contribution in [0.5, 0.6) is 0 Å². The van der Waals surface area contributed by atoms with Gasteiger partial charge in [0.15, 0.2) is 5.70 Å². The molecule has 0 fully saturated rings. The minimum Gasteiger partial charge on any atom is -0.460 e. The third-order valence-electron chi connectivity index (χ3n) is 3.86. The maximum Gasteiger partial charge on any atom is 0.335 e. The first-order valence-electron chi connectivity index (χ1n) is 8.03. The Morgan fingerprint density at radius 3 is 2.69 bits per heavy atom. The number of nitrogens with zero attached hydrogens (tertiary/aromatic N) is 1. The standard InChI is InChI=1S/C19H20BrFN2O3/c1-10(2)26-19(24)17-15(9-25-5)23-11(3)18(22-4)16(17)13-7-6-12(21)8-14(13)20/h6-8,10,16,23H,9H2,1-3,5H3. The highest BCUT2D eigenvalue weighted by Crippen LogP contribution is 2.42. The van der Waals surface area contributed by atoms with Crippen molar-refractivity contribution in [1.29, 1.82) is 0 Å². The first-order valence-corrected chi connectivity index (χ1v) is 8.82. The second-order valence-electron chi connectivity index (χ2n) is 6.13. The minimum atomic E-state index is -0.680. The van der Waals surface area contributed by atoms with Crippen LogP contribution in [0.3, 0.4) is 0 Å². The van der Waals surface area contributed by atoms with Gasteiger partial charge in [-0.1, -0.05) is 22.0 Å². The average molecular weight is 423 g/mol. The topological polar surface area (TPSA) is 51.9 Å². The molecule has 26 heavy (non-hydrogen) atoms. The maximum absolute atomic E-state index is 13.6. The molecule has 1 aliphatic rings. The molecule has 0 aliphatic carbocycles. The number of methoxy groups -OCH3 is 1. The number of esters is 1. The first kappa shape index (κ1) is 20.1. The Labute approximate surface area is 160 Å². The summed E-state index contributed by atoms with van der Waals surface area (Å²) in [6.07, 6.45) is -0.320. The monoisotopic (exact) mass is 422 g/mol. The lowest BCUT2D eigenvalue weighted by molar-refractivity contribution is -0.143. The van der Waals surface area contributed by atoms with E-state index in [0.29, 0.717) is 32.7 Å². The van der Waals surface area contributed by atoms with E-state index in [1.165, 1.54) is 19.2 Å². The molecule has 0 aromatic heterocycles. The van der Waals surface area contributed by atoms with Crippen LogP contribution in [0.4, 0.5) is 4.39 Å². The van der Waals surface area contributed by atoms with Gasteiger partial charge in [0.25, 0.3) is 0 Å². The number of carbonyl (C=O) groups is 1. The zero-order valence-electron chi connectivity index (χ0n) is 15.0. The Bertz CT molecular complexity index is 825. The normalized spacial score (nSPS) is 17.2. The van der Waals surface area contributed by atoms with Gasteiger partial charge in [0.1, 0.15) is 5.82 Å². The molecule has 0 spiro atoms. The molecule has 2 rings (SSSR count). The van der Waals surface area contributed by atoms with Gasteiger partial charge in [0.2, 0.25) is 0 Å². The van der Waals surface area contributed by atoms with Crippen LogP contribution < -0.4 is 5.32 Å². The van der Waals surface area contributed by atoms with Crippen LogP contribution in [-0.4, -0.2) is 25.8 Å². The van der Waals surface area contributed by atoms with E-state index in [2.05, 4.69) is 26.1 Å². The van der Waals surface area contributed by atoms with Gasteiger partial charge in [-0.3, -0.25) is 0 Å². The van der Waals surface area contributed by atoms with Crippen LogP contribution in [0.15, 0.2) is 45.3 Å². The second kappa shape index (κ2) is 8.47. The summed E-state index contributed by atoms with van der Waals surface area (Å²) < 4.78 is 24.7. The Morgan fingerprint density at radius 1 is 1.46 bits per heavy atom. The molecule has 1 aromatic carbocycles. The number of carbonyl (C=O) groups excluding carboxylic acids is 1. The average Bonchev–Trinajstić information content (AvgIpc) is 2.54. The van der Waals surface area contributed by atoms with E-state index in [0.717, 1.165) is 0 Å². The van der Waals surface area contributed by atoms with Crippen LogP contribution in [0.25, 0.3) is 4.85 Å². The van der Waals surface area contributed by atoms with Gasteiger partial charge in [0.05, 0.1) is 36.5 Å². The molecule has 1 atom stereocenters. The van der Waals surface area contributed by atoms with Gasteiger partial charge < -0.3 is 14.8 Å². The van der Waals surface area contributed by atoms with Crippen LogP contribution in [-0.2, 0) is 14.3 Å². The summed E-state index contributed by atoms with van der Waals surface area (Å²) in [6, 6.07) is 4.19. The van der Waals surface area contributed by atoms with Crippen molar-refractivity contribution in [3.05, 3.63) is 68.1 Å². The number of hydrogen-bond donors (Lipinski definition) is 1. The molecule has 0 saturated heterocycles. The highest BCUT2D eigenvalue weighted by atomic mass is 79.9. The lowest BCUT2D eigenvalue weighted by Gasteiger charge is -2.30. The summed E-state index contributed by atoms with van der Waals surface area (Å²) >= 11 is 3.35. The molecular formula is C19H20BrFN2O3. The molecule has 7 heteroatoms. The highest BCUT2D eigenvalue weighted by molar-refractivity contribution is 9.10. The number of benzene rings is 1. The SMILES string of the molecule is [C-]#[N+]C1=C(C)NC(COC)=C(C(=O)OC(C)C)C1c1ccc(F)cc1Br. The molecule has 1 aromatic rings. The van der Waals surface area contributed by atoms with E-state index < -0.39 is 17.7 Å². The van der Waals surface area contributed by atoms with E-state index in [9.17, 15) is 9.18 Å². The van der Waals surface area contributed by atoms with Crippen LogP contribution >= 0.6 is 15.9 Å². The van der Waals surface area contributed by atoms with Crippen molar-refractivity contribution in [1.82, 2.24) is 5.32 Å². The molecule has 5 nitrogen and oxygen atoms in total. The number of rotatable bonds is 5. The molecular weight excluding hydrogens is 403 g/mol. The Balaban J connectivity index is 2.70. The predicted molar refractivity (Wildman–Crippen MR) is 99.4 cm³/mol. The van der Waals surface area contributed by atoms with Crippen molar-refractivity contribution in [3.8, 4) is 0 Å². The Morgan fingerprint density at radius 2 is 2.15 bits per heavy atom. The Hall–Kier alpha value is -2.17. The van der Waals surface area contributed by atoms with E-state index in [4.69, 9.17) is 16.0 Å². The molecule has 0 saturated carbocycles. The number of allylic oxidation sites excluding steroid dienone is 2. The molecule has 138 valence electrons. The van der Waals surface area contributed by atoms with E-state index in [1.54, 1.807) is 26.8 Å². The largest absolute Gasteiger partial charge is 0.460 e. The lowest BCUT2D eigenvalue weighted by Crippen LogP contribution is -2.32. The van der Waals surface area contributed by atoms with E-state index in [1.807, 2.05) is 0 Å². The molecule has 1 heterocycles. The van der Waals surface area contributed by atoms with Crippen molar-refractivity contribution in [2.75, 3.05) is 13.7 Å². The highest BCUT2D eigenvalue weighted by Gasteiger charge is 2.37. The van der Waals surface area contributed by atoms with Crippen LogP contribution in [0, 0.1) is 12.4 Å². The molecule has 1 unspecified atom stereocenters. The van der Waals surface area contributed by atoms with Gasteiger partial charge >= 0.3 is 5.97 Å². The van der Waals surface area contributed by atoms with Gasteiger partial charge in [0, 0.05) is 17.3 Å². The fraction of sp³-hybridized carbons (Fsp3) is 0.368. The van der Waals surface area contributed by atoms with Crippen LogP contribution in [0.1, 0.15) is 32.3 Å². The fourth-order valence-electron chi connectivity index (χ4n) is 2.85. The summed E-state index contributed by atoms with van der Waals surface area (Å²) in [5.74, 6) is -1.62. The van der Waals surface area contributed by atoms with Crippen molar-refractivity contribution in [3.63, 3.8) is 0 Å². The summed E-state index contributed by atoms with van der Waals surface area (Å²) in [6.45, 7) is 13.0. The first-order chi connectivity index (χ1) is 12.3. The fourth-order valence-corrected chi connectivity index (χ4v) is 3.43. The van der Waals surface area contributed by atoms with Gasteiger partial charge in [-0.05, 0) is 38.5 Å². The number of halogens is 2.